The smallest absolute Gasteiger partial charge is 0.154 e. The Balaban J connectivity index is 2.41. The van der Waals surface area contributed by atoms with Gasteiger partial charge in [-0.05, 0) is 31.2 Å². The SMILES string of the molecule is Cc1ccc(-c2ccc(Cl)nn2)o1. The van der Waals surface area contributed by atoms with Crippen LogP contribution in [0.4, 0.5) is 0 Å². The summed E-state index contributed by atoms with van der Waals surface area (Å²) in [6.45, 7) is 1.88. The zero-order valence-electron chi connectivity index (χ0n) is 6.99. The molecule has 0 aliphatic carbocycles. The van der Waals surface area contributed by atoms with Crippen LogP contribution in [0.25, 0.3) is 11.5 Å². The van der Waals surface area contributed by atoms with Crippen LogP contribution in [0, 0.1) is 6.92 Å². The number of halogens is 1. The largest absolute Gasteiger partial charge is 0.460 e. The molecule has 0 N–H and O–H groups in total. The van der Waals surface area contributed by atoms with Crippen molar-refractivity contribution < 1.29 is 4.42 Å². The molecule has 4 heteroatoms. The first kappa shape index (κ1) is 8.26. The maximum absolute atomic E-state index is 5.60. The predicted molar refractivity (Wildman–Crippen MR) is 49.5 cm³/mol. The van der Waals surface area contributed by atoms with Crippen molar-refractivity contribution in [2.24, 2.45) is 0 Å². The molecule has 66 valence electrons. The molecule has 0 saturated heterocycles. The monoisotopic (exact) mass is 194 g/mol. The molecule has 2 rings (SSSR count). The highest BCUT2D eigenvalue weighted by atomic mass is 35.5. The number of hydrogen-bond donors (Lipinski definition) is 0. The lowest BCUT2D eigenvalue weighted by molar-refractivity contribution is 0.545. The quantitative estimate of drug-likeness (QED) is 0.701. The molecular weight excluding hydrogens is 188 g/mol. The van der Waals surface area contributed by atoms with Crippen LogP contribution >= 0.6 is 11.6 Å². The topological polar surface area (TPSA) is 38.9 Å². The maximum atomic E-state index is 5.60. The molecule has 3 nitrogen and oxygen atoms in total. The van der Waals surface area contributed by atoms with Crippen LogP contribution in [0.2, 0.25) is 5.15 Å². The summed E-state index contributed by atoms with van der Waals surface area (Å²) in [5, 5.41) is 7.99. The van der Waals surface area contributed by atoms with E-state index in [4.69, 9.17) is 16.0 Å². The Hall–Kier alpha value is -1.35. The molecule has 0 amide bonds. The van der Waals surface area contributed by atoms with Gasteiger partial charge < -0.3 is 4.42 Å². The number of aryl methyl sites for hydroxylation is 1. The third-order valence-corrected chi connectivity index (χ3v) is 1.83. The van der Waals surface area contributed by atoms with Crippen molar-refractivity contribution >= 4 is 11.6 Å². The molecule has 0 atom stereocenters. The second-order valence-corrected chi connectivity index (χ2v) is 3.04. The molecule has 0 aliphatic heterocycles. The van der Waals surface area contributed by atoms with Crippen LogP contribution in [0.15, 0.2) is 28.7 Å². The van der Waals surface area contributed by atoms with Gasteiger partial charge in [-0.3, -0.25) is 0 Å². The molecular formula is C9H7ClN2O. The minimum Gasteiger partial charge on any atom is -0.460 e. The van der Waals surface area contributed by atoms with Gasteiger partial charge in [-0.15, -0.1) is 10.2 Å². The maximum Gasteiger partial charge on any atom is 0.154 e. The Kier molecular flexibility index (Phi) is 2.02. The number of nitrogens with zero attached hydrogens (tertiary/aromatic N) is 2. The van der Waals surface area contributed by atoms with E-state index in [2.05, 4.69) is 10.2 Å². The summed E-state index contributed by atoms with van der Waals surface area (Å²) in [5.41, 5.74) is 0.692. The molecule has 0 saturated carbocycles. The van der Waals surface area contributed by atoms with Crippen LogP contribution in [-0.4, -0.2) is 10.2 Å². The number of rotatable bonds is 1. The molecule has 0 bridgehead atoms. The van der Waals surface area contributed by atoms with Crippen LogP contribution in [0.1, 0.15) is 5.76 Å². The number of hydrogen-bond acceptors (Lipinski definition) is 3. The Morgan fingerprint density at radius 3 is 2.54 bits per heavy atom. The van der Waals surface area contributed by atoms with Crippen LogP contribution in [-0.2, 0) is 0 Å². The third-order valence-electron chi connectivity index (χ3n) is 1.62. The molecule has 0 unspecified atom stereocenters. The van der Waals surface area contributed by atoms with Crippen molar-refractivity contribution in [2.45, 2.75) is 6.92 Å². The van der Waals surface area contributed by atoms with E-state index >= 15 is 0 Å². The second-order valence-electron chi connectivity index (χ2n) is 2.65. The van der Waals surface area contributed by atoms with Crippen molar-refractivity contribution in [3.63, 3.8) is 0 Å². The summed E-state index contributed by atoms with van der Waals surface area (Å²) in [6.07, 6.45) is 0. The van der Waals surface area contributed by atoms with E-state index in [-0.39, 0.29) is 0 Å². The molecule has 2 heterocycles. The van der Waals surface area contributed by atoms with E-state index in [1.807, 2.05) is 19.1 Å². The number of aromatic nitrogens is 2. The van der Waals surface area contributed by atoms with Crippen LogP contribution < -0.4 is 0 Å². The van der Waals surface area contributed by atoms with Gasteiger partial charge in [0, 0.05) is 0 Å². The Morgan fingerprint density at radius 1 is 1.15 bits per heavy atom. The fourth-order valence-corrected chi connectivity index (χ4v) is 1.12. The summed E-state index contributed by atoms with van der Waals surface area (Å²) < 4.78 is 5.36. The summed E-state index contributed by atoms with van der Waals surface area (Å²) in [7, 11) is 0. The van der Waals surface area contributed by atoms with Gasteiger partial charge in [-0.2, -0.15) is 0 Å². The molecule has 0 aliphatic rings. The van der Waals surface area contributed by atoms with Gasteiger partial charge in [0.2, 0.25) is 0 Å². The normalized spacial score (nSPS) is 10.3. The first-order valence-corrected chi connectivity index (χ1v) is 4.19. The van der Waals surface area contributed by atoms with Gasteiger partial charge in [0.1, 0.15) is 11.5 Å². The Bertz CT molecular complexity index is 408. The average Bonchev–Trinajstić information content (AvgIpc) is 2.53. The van der Waals surface area contributed by atoms with Gasteiger partial charge in [0.05, 0.1) is 0 Å². The molecule has 0 fully saturated rings. The van der Waals surface area contributed by atoms with E-state index in [0.717, 1.165) is 5.76 Å². The van der Waals surface area contributed by atoms with E-state index in [9.17, 15) is 0 Å². The Morgan fingerprint density at radius 2 is 2.00 bits per heavy atom. The van der Waals surface area contributed by atoms with Crippen molar-refractivity contribution in [3.8, 4) is 11.5 Å². The molecule has 0 radical (unpaired) electrons. The van der Waals surface area contributed by atoms with Gasteiger partial charge >= 0.3 is 0 Å². The summed E-state index contributed by atoms with van der Waals surface area (Å²) >= 11 is 5.60. The van der Waals surface area contributed by atoms with Gasteiger partial charge in [-0.25, -0.2) is 0 Å². The predicted octanol–water partition coefficient (Wildman–Crippen LogP) is 2.70. The highest BCUT2D eigenvalue weighted by Gasteiger charge is 2.03. The standard InChI is InChI=1S/C9H7ClN2O/c1-6-2-4-8(13-6)7-3-5-9(10)12-11-7/h2-5H,1H3. The number of furan rings is 1. The fourth-order valence-electron chi connectivity index (χ4n) is 1.02. The lowest BCUT2D eigenvalue weighted by Crippen LogP contribution is -1.84. The van der Waals surface area contributed by atoms with E-state index in [0.29, 0.717) is 16.6 Å². The molecule has 2 aromatic heterocycles. The summed E-state index contributed by atoms with van der Waals surface area (Å²) in [4.78, 5) is 0. The summed E-state index contributed by atoms with van der Waals surface area (Å²) in [5.74, 6) is 1.56. The highest BCUT2D eigenvalue weighted by Crippen LogP contribution is 2.19. The summed E-state index contributed by atoms with van der Waals surface area (Å²) in [6, 6.07) is 7.19. The second kappa shape index (κ2) is 3.18. The molecule has 13 heavy (non-hydrogen) atoms. The zero-order chi connectivity index (χ0) is 9.26. The van der Waals surface area contributed by atoms with Crippen LogP contribution in [0.3, 0.4) is 0 Å². The van der Waals surface area contributed by atoms with Crippen LogP contribution in [0.5, 0.6) is 0 Å². The fraction of sp³-hybridized carbons (Fsp3) is 0.111. The minimum absolute atomic E-state index is 0.382. The van der Waals surface area contributed by atoms with E-state index < -0.39 is 0 Å². The molecule has 2 aromatic rings. The van der Waals surface area contributed by atoms with Gasteiger partial charge in [-0.1, -0.05) is 11.6 Å². The van der Waals surface area contributed by atoms with E-state index in [1.165, 1.54) is 0 Å². The van der Waals surface area contributed by atoms with Crippen molar-refractivity contribution in [2.75, 3.05) is 0 Å². The first-order chi connectivity index (χ1) is 6.25. The highest BCUT2D eigenvalue weighted by molar-refractivity contribution is 6.29. The Labute approximate surface area is 80.4 Å². The van der Waals surface area contributed by atoms with E-state index in [1.54, 1.807) is 12.1 Å². The average molecular weight is 195 g/mol. The van der Waals surface area contributed by atoms with Crippen molar-refractivity contribution in [1.82, 2.24) is 10.2 Å². The van der Waals surface area contributed by atoms with Gasteiger partial charge in [0.15, 0.2) is 10.9 Å². The van der Waals surface area contributed by atoms with Gasteiger partial charge in [0.25, 0.3) is 0 Å². The lowest BCUT2D eigenvalue weighted by Gasteiger charge is -1.93. The molecule has 0 spiro atoms. The van der Waals surface area contributed by atoms with Crippen molar-refractivity contribution in [3.05, 3.63) is 35.2 Å². The first-order valence-electron chi connectivity index (χ1n) is 3.82. The molecule has 0 aromatic carbocycles. The lowest BCUT2D eigenvalue weighted by atomic mass is 10.3. The third kappa shape index (κ3) is 1.70. The zero-order valence-corrected chi connectivity index (χ0v) is 7.75. The minimum atomic E-state index is 0.382. The van der Waals surface area contributed by atoms with Crippen molar-refractivity contribution in [1.29, 1.82) is 0 Å².